The molecule has 2 aliphatic heterocycles. The zero-order valence-corrected chi connectivity index (χ0v) is 21.5. The van der Waals surface area contributed by atoms with Crippen LogP contribution in [0, 0.1) is 18.8 Å². The second-order valence-electron chi connectivity index (χ2n) is 10.7. The Morgan fingerprint density at radius 2 is 1.86 bits per heavy atom. The van der Waals surface area contributed by atoms with Crippen LogP contribution in [0.4, 0.5) is 13.2 Å². The molecule has 0 bridgehead atoms. The van der Waals surface area contributed by atoms with Crippen molar-refractivity contribution in [2.45, 2.75) is 77.7 Å². The average molecular weight is 505 g/mol. The van der Waals surface area contributed by atoms with Crippen molar-refractivity contribution in [3.8, 4) is 0 Å². The van der Waals surface area contributed by atoms with Gasteiger partial charge in [-0.05, 0) is 69.1 Å². The molecule has 1 saturated carbocycles. The molecule has 1 aromatic rings. The predicted molar refractivity (Wildman–Crippen MR) is 137 cm³/mol. The second kappa shape index (κ2) is 11.4. The maximum Gasteiger partial charge on any atom is 0.416 e. The van der Waals surface area contributed by atoms with Gasteiger partial charge in [0, 0.05) is 43.5 Å². The van der Waals surface area contributed by atoms with Gasteiger partial charge in [-0.2, -0.15) is 13.2 Å². The quantitative estimate of drug-likeness (QED) is 0.501. The largest absolute Gasteiger partial charge is 0.416 e. The lowest BCUT2D eigenvalue weighted by Crippen LogP contribution is -2.56. The Balaban J connectivity index is 1.32. The summed E-state index contributed by atoms with van der Waals surface area (Å²) < 4.78 is 40.3. The highest BCUT2D eigenvalue weighted by Gasteiger charge is 2.34. The third-order valence-electron chi connectivity index (χ3n) is 7.79. The molecule has 3 aliphatic rings. The van der Waals surface area contributed by atoms with Crippen LogP contribution in [0.25, 0.3) is 0 Å². The average Bonchev–Trinajstić information content (AvgIpc) is 2.80. The van der Waals surface area contributed by atoms with Crippen LogP contribution in [-0.2, 0) is 12.7 Å². The number of hydrogen-bond acceptors (Lipinski definition) is 4. The van der Waals surface area contributed by atoms with E-state index < -0.39 is 11.7 Å². The number of β-amino-alcohol motifs (C(OH)–C–C–N with tert-alkyl or cyclic N) is 1. The molecule has 1 atom stereocenters. The molecule has 1 unspecified atom stereocenters. The zero-order valence-electron chi connectivity index (χ0n) is 21.5. The molecule has 5 nitrogen and oxygen atoms in total. The SMILES string of the molecule is CC1=C/NC(=NCc2cc(C)ccc2C(F)(F)F)C(C)C\C=C\1NCC1CCC(N2CC(O)C2)CC1. The van der Waals surface area contributed by atoms with Crippen LogP contribution in [0.5, 0.6) is 0 Å². The number of likely N-dealkylation sites (tertiary alicyclic amines) is 1. The Kier molecular flexibility index (Phi) is 8.45. The fourth-order valence-electron chi connectivity index (χ4n) is 5.44. The smallest absolute Gasteiger partial charge is 0.390 e. The van der Waals surface area contributed by atoms with Crippen LogP contribution in [0.3, 0.4) is 0 Å². The van der Waals surface area contributed by atoms with Gasteiger partial charge in [0.25, 0.3) is 0 Å². The Morgan fingerprint density at radius 3 is 2.53 bits per heavy atom. The van der Waals surface area contributed by atoms with Crippen molar-refractivity contribution >= 4 is 5.84 Å². The van der Waals surface area contributed by atoms with Crippen molar-refractivity contribution < 1.29 is 18.3 Å². The highest BCUT2D eigenvalue weighted by Crippen LogP contribution is 2.33. The molecule has 0 radical (unpaired) electrons. The molecule has 2 heterocycles. The topological polar surface area (TPSA) is 59.9 Å². The first kappa shape index (κ1) is 26.7. The van der Waals surface area contributed by atoms with Crippen molar-refractivity contribution in [2.24, 2.45) is 16.8 Å². The van der Waals surface area contributed by atoms with Gasteiger partial charge in [0.1, 0.15) is 5.84 Å². The first-order chi connectivity index (χ1) is 17.1. The molecule has 8 heteroatoms. The van der Waals surface area contributed by atoms with Gasteiger partial charge in [0.05, 0.1) is 18.2 Å². The van der Waals surface area contributed by atoms with E-state index >= 15 is 0 Å². The van der Waals surface area contributed by atoms with Gasteiger partial charge in [-0.15, -0.1) is 0 Å². The number of allylic oxidation sites excluding steroid dienone is 2. The highest BCUT2D eigenvalue weighted by atomic mass is 19.4. The van der Waals surface area contributed by atoms with E-state index in [2.05, 4.69) is 26.6 Å². The van der Waals surface area contributed by atoms with E-state index in [0.29, 0.717) is 17.8 Å². The molecule has 3 N–H and O–H groups in total. The summed E-state index contributed by atoms with van der Waals surface area (Å²) in [6, 6.07) is 4.84. The summed E-state index contributed by atoms with van der Waals surface area (Å²) in [5.41, 5.74) is 2.54. The van der Waals surface area contributed by atoms with Crippen molar-refractivity contribution in [2.75, 3.05) is 19.6 Å². The number of aliphatic imine (C=N–C) groups is 1. The predicted octanol–water partition coefficient (Wildman–Crippen LogP) is 5.15. The third-order valence-corrected chi connectivity index (χ3v) is 7.79. The molecular weight excluding hydrogens is 465 g/mol. The molecule has 4 rings (SSSR count). The van der Waals surface area contributed by atoms with Crippen molar-refractivity contribution in [1.29, 1.82) is 0 Å². The van der Waals surface area contributed by atoms with E-state index in [4.69, 9.17) is 0 Å². The number of alkyl halides is 3. The maximum absolute atomic E-state index is 13.4. The summed E-state index contributed by atoms with van der Waals surface area (Å²) >= 11 is 0. The minimum Gasteiger partial charge on any atom is -0.390 e. The van der Waals surface area contributed by atoms with Gasteiger partial charge in [-0.3, -0.25) is 9.89 Å². The first-order valence-corrected chi connectivity index (χ1v) is 13.1. The number of aliphatic hydroxyl groups excluding tert-OH is 1. The number of hydrogen-bond donors (Lipinski definition) is 3. The molecule has 1 saturated heterocycles. The fraction of sp³-hybridized carbons (Fsp3) is 0.607. The van der Waals surface area contributed by atoms with Crippen LogP contribution >= 0.6 is 0 Å². The number of amidine groups is 1. The lowest BCUT2D eigenvalue weighted by atomic mass is 9.84. The Bertz CT molecular complexity index is 1000. The molecular formula is C28H39F3N4O. The van der Waals surface area contributed by atoms with Gasteiger partial charge < -0.3 is 15.7 Å². The van der Waals surface area contributed by atoms with E-state index in [0.717, 1.165) is 49.0 Å². The maximum atomic E-state index is 13.4. The van der Waals surface area contributed by atoms with Crippen molar-refractivity contribution in [3.63, 3.8) is 0 Å². The highest BCUT2D eigenvalue weighted by molar-refractivity contribution is 5.85. The van der Waals surface area contributed by atoms with E-state index in [1.807, 2.05) is 20.0 Å². The van der Waals surface area contributed by atoms with Crippen LogP contribution in [0.2, 0.25) is 0 Å². The van der Waals surface area contributed by atoms with Crippen LogP contribution in [0.1, 0.15) is 62.6 Å². The molecule has 2 fully saturated rings. The van der Waals surface area contributed by atoms with E-state index in [9.17, 15) is 18.3 Å². The lowest BCUT2D eigenvalue weighted by molar-refractivity contribution is -0.138. The molecule has 198 valence electrons. The van der Waals surface area contributed by atoms with Gasteiger partial charge in [0.2, 0.25) is 0 Å². The summed E-state index contributed by atoms with van der Waals surface area (Å²) in [6.45, 7) is 8.46. The summed E-state index contributed by atoms with van der Waals surface area (Å²) in [5, 5.41) is 16.5. The van der Waals surface area contributed by atoms with E-state index in [-0.39, 0.29) is 24.1 Å². The van der Waals surface area contributed by atoms with Gasteiger partial charge in [-0.1, -0.05) is 30.7 Å². The second-order valence-corrected chi connectivity index (χ2v) is 10.7. The summed E-state index contributed by atoms with van der Waals surface area (Å²) in [7, 11) is 0. The van der Waals surface area contributed by atoms with Crippen molar-refractivity contribution in [3.05, 3.63) is 58.4 Å². The van der Waals surface area contributed by atoms with Gasteiger partial charge in [-0.25, -0.2) is 0 Å². The number of aryl methyl sites for hydroxylation is 1. The van der Waals surface area contributed by atoms with Gasteiger partial charge >= 0.3 is 6.18 Å². The molecule has 0 aromatic heterocycles. The number of benzene rings is 1. The standard InChI is InChI=1S/C28H39F3N4O/c1-18-4-10-25(28(29,30)31)22(12-18)15-34-27-19(2)5-11-26(20(3)13-33-27)32-14-21-6-8-23(9-7-21)35-16-24(36)17-35/h4,10-13,19,21,23-24,32,36H,5-9,14-17H2,1-3H3,(H,33,34)/b20-13-,26-11-. The minimum atomic E-state index is -4.39. The molecule has 0 amide bonds. The minimum absolute atomic E-state index is 0.00995. The number of nitrogens with zero attached hydrogens (tertiary/aromatic N) is 2. The number of rotatable bonds is 6. The summed E-state index contributed by atoms with van der Waals surface area (Å²) in [6.07, 6.45) is 5.11. The molecule has 36 heavy (non-hydrogen) atoms. The lowest BCUT2D eigenvalue weighted by Gasteiger charge is -2.44. The Labute approximate surface area is 212 Å². The number of aliphatic hydroxyl groups is 1. The summed E-state index contributed by atoms with van der Waals surface area (Å²) in [5.74, 6) is 1.41. The zero-order chi connectivity index (χ0) is 25.9. The first-order valence-electron chi connectivity index (χ1n) is 13.1. The summed E-state index contributed by atoms with van der Waals surface area (Å²) in [4.78, 5) is 6.97. The van der Waals surface area contributed by atoms with Gasteiger partial charge in [0.15, 0.2) is 0 Å². The number of halogens is 3. The normalized spacial score (nSPS) is 30.3. The third kappa shape index (κ3) is 6.71. The van der Waals surface area contributed by atoms with Crippen LogP contribution < -0.4 is 10.6 Å². The van der Waals surface area contributed by atoms with Crippen molar-refractivity contribution in [1.82, 2.24) is 15.5 Å². The molecule has 1 aliphatic carbocycles. The van der Waals surface area contributed by atoms with E-state index in [1.165, 1.54) is 31.7 Å². The number of nitrogens with one attached hydrogen (secondary N) is 2. The van der Waals surface area contributed by atoms with Crippen LogP contribution in [-0.4, -0.2) is 47.6 Å². The fourth-order valence-corrected chi connectivity index (χ4v) is 5.44. The Hall–Kier alpha value is -2.32. The molecule has 0 spiro atoms. The molecule has 1 aromatic carbocycles. The Morgan fingerprint density at radius 1 is 1.14 bits per heavy atom. The monoisotopic (exact) mass is 504 g/mol. The van der Waals surface area contributed by atoms with Crippen LogP contribution in [0.15, 0.2) is 46.7 Å². The van der Waals surface area contributed by atoms with E-state index in [1.54, 1.807) is 13.0 Å².